The van der Waals surface area contributed by atoms with Crippen molar-refractivity contribution >= 4 is 17.4 Å². The van der Waals surface area contributed by atoms with Crippen LogP contribution in [0.2, 0.25) is 0 Å². The maximum Gasteiger partial charge on any atom is 0.295 e. The van der Waals surface area contributed by atoms with E-state index in [9.17, 15) is 4.79 Å². The molecule has 0 fully saturated rings. The Morgan fingerprint density at radius 3 is 2.62 bits per heavy atom. The number of hydrogen-bond donors (Lipinski definition) is 1. The summed E-state index contributed by atoms with van der Waals surface area (Å²) in [5.41, 5.74) is 2.17. The van der Waals surface area contributed by atoms with E-state index in [1.165, 1.54) is 0 Å². The highest BCUT2D eigenvalue weighted by Gasteiger charge is 2.17. The summed E-state index contributed by atoms with van der Waals surface area (Å²) in [5.74, 6) is 1.18. The highest BCUT2D eigenvalue weighted by molar-refractivity contribution is 6.02. The number of amides is 1. The van der Waals surface area contributed by atoms with Crippen molar-refractivity contribution in [2.75, 3.05) is 18.5 Å². The van der Waals surface area contributed by atoms with Gasteiger partial charge in [0.15, 0.2) is 0 Å². The van der Waals surface area contributed by atoms with Gasteiger partial charge < -0.3 is 14.8 Å². The van der Waals surface area contributed by atoms with E-state index in [4.69, 9.17) is 9.47 Å². The van der Waals surface area contributed by atoms with E-state index >= 15 is 0 Å². The Bertz CT molecular complexity index is 951. The highest BCUT2D eigenvalue weighted by Crippen LogP contribution is 2.29. The lowest BCUT2D eigenvalue weighted by atomic mass is 10.2. The second-order valence-electron chi connectivity index (χ2n) is 5.66. The second-order valence-corrected chi connectivity index (χ2v) is 5.66. The molecule has 0 radical (unpaired) electrons. The van der Waals surface area contributed by atoms with E-state index in [1.807, 2.05) is 33.8 Å². The number of aromatic nitrogens is 4. The summed E-state index contributed by atoms with van der Waals surface area (Å²) < 4.78 is 12.6. The molecule has 1 amide bonds. The van der Waals surface area contributed by atoms with Crippen molar-refractivity contribution in [3.8, 4) is 11.5 Å². The first kappa shape index (κ1) is 17.7. The minimum absolute atomic E-state index is 0.0375. The molecule has 2 heterocycles. The van der Waals surface area contributed by atoms with E-state index in [-0.39, 0.29) is 5.82 Å². The summed E-state index contributed by atoms with van der Waals surface area (Å²) >= 11 is 0. The second kappa shape index (κ2) is 7.38. The van der Waals surface area contributed by atoms with Gasteiger partial charge in [0.05, 0.1) is 18.9 Å². The van der Waals surface area contributed by atoms with Gasteiger partial charge in [-0.1, -0.05) is 0 Å². The van der Waals surface area contributed by atoms with Gasteiger partial charge in [-0.2, -0.15) is 4.98 Å². The molecule has 0 aliphatic heterocycles. The number of benzene rings is 1. The number of carbonyl (C=O) groups excluding carboxylic acids is 1. The van der Waals surface area contributed by atoms with Crippen molar-refractivity contribution in [1.82, 2.24) is 19.6 Å². The number of anilines is 1. The third-order valence-electron chi connectivity index (χ3n) is 3.63. The van der Waals surface area contributed by atoms with E-state index in [0.717, 1.165) is 11.4 Å². The molecule has 2 aromatic heterocycles. The summed E-state index contributed by atoms with van der Waals surface area (Å²) in [6.45, 7) is 8.53. The number of carbonyl (C=O) groups is 1. The number of ether oxygens (including phenoxy) is 2. The molecular weight excluding hydrogens is 334 g/mol. The van der Waals surface area contributed by atoms with Crippen LogP contribution in [0.25, 0.3) is 5.78 Å². The van der Waals surface area contributed by atoms with Crippen LogP contribution in [0.4, 0.5) is 5.69 Å². The average molecular weight is 355 g/mol. The molecule has 0 saturated heterocycles. The van der Waals surface area contributed by atoms with Crippen molar-refractivity contribution in [3.05, 3.63) is 41.5 Å². The summed E-state index contributed by atoms with van der Waals surface area (Å²) in [7, 11) is 0. The Kier molecular flexibility index (Phi) is 5.01. The van der Waals surface area contributed by atoms with Crippen LogP contribution in [0.1, 0.15) is 35.9 Å². The lowest BCUT2D eigenvalue weighted by Crippen LogP contribution is -2.15. The Morgan fingerprint density at radius 2 is 1.88 bits per heavy atom. The molecule has 26 heavy (non-hydrogen) atoms. The zero-order valence-corrected chi connectivity index (χ0v) is 15.2. The first-order valence-corrected chi connectivity index (χ1v) is 8.43. The molecule has 0 aliphatic carbocycles. The molecule has 0 bridgehead atoms. The molecule has 8 heteroatoms. The minimum Gasteiger partial charge on any atom is -0.494 e. The van der Waals surface area contributed by atoms with E-state index in [0.29, 0.717) is 36.2 Å². The fourth-order valence-electron chi connectivity index (χ4n) is 2.59. The van der Waals surface area contributed by atoms with Crippen LogP contribution in [0.15, 0.2) is 24.3 Å². The summed E-state index contributed by atoms with van der Waals surface area (Å²) in [4.78, 5) is 21.2. The van der Waals surface area contributed by atoms with Crippen molar-refractivity contribution in [2.45, 2.75) is 27.7 Å². The van der Waals surface area contributed by atoms with Gasteiger partial charge in [0.2, 0.25) is 5.82 Å². The molecule has 1 N–H and O–H groups in total. The Labute approximate surface area is 151 Å². The van der Waals surface area contributed by atoms with Gasteiger partial charge in [-0.25, -0.2) is 9.50 Å². The fraction of sp³-hybridized carbons (Fsp3) is 0.333. The summed E-state index contributed by atoms with van der Waals surface area (Å²) in [5, 5.41) is 7.04. The lowest BCUT2D eigenvalue weighted by molar-refractivity contribution is 0.101. The first-order chi connectivity index (χ1) is 12.5. The van der Waals surface area contributed by atoms with Crippen LogP contribution in [-0.2, 0) is 0 Å². The van der Waals surface area contributed by atoms with Gasteiger partial charge in [-0.05, 0) is 45.9 Å². The topological polar surface area (TPSA) is 90.6 Å². The van der Waals surface area contributed by atoms with Crippen LogP contribution in [0, 0.1) is 13.8 Å². The molecule has 136 valence electrons. The fourth-order valence-corrected chi connectivity index (χ4v) is 2.59. The van der Waals surface area contributed by atoms with Gasteiger partial charge in [0.1, 0.15) is 11.5 Å². The maximum absolute atomic E-state index is 12.6. The number of fused-ring (bicyclic) bond motifs is 1. The molecule has 3 rings (SSSR count). The van der Waals surface area contributed by atoms with Gasteiger partial charge in [-0.3, -0.25) is 4.79 Å². The SMILES string of the molecule is CCOc1ccc(OCC)c(NC(=O)c2nc3nc(C)cc(C)n3n2)c1. The van der Waals surface area contributed by atoms with Crippen molar-refractivity contribution in [3.63, 3.8) is 0 Å². The van der Waals surface area contributed by atoms with Crippen molar-refractivity contribution < 1.29 is 14.3 Å². The third-order valence-corrected chi connectivity index (χ3v) is 3.63. The van der Waals surface area contributed by atoms with E-state index < -0.39 is 5.91 Å². The predicted molar refractivity (Wildman–Crippen MR) is 97.0 cm³/mol. The van der Waals surface area contributed by atoms with Crippen LogP contribution in [-0.4, -0.2) is 38.7 Å². The smallest absolute Gasteiger partial charge is 0.295 e. The van der Waals surface area contributed by atoms with Gasteiger partial charge in [0.25, 0.3) is 11.7 Å². The van der Waals surface area contributed by atoms with Crippen molar-refractivity contribution in [2.24, 2.45) is 0 Å². The van der Waals surface area contributed by atoms with E-state index in [2.05, 4.69) is 20.4 Å². The molecule has 0 aliphatic rings. The van der Waals surface area contributed by atoms with Gasteiger partial charge in [0, 0.05) is 17.5 Å². The molecule has 0 atom stereocenters. The molecule has 1 aromatic carbocycles. The molecule has 8 nitrogen and oxygen atoms in total. The van der Waals surface area contributed by atoms with Crippen LogP contribution < -0.4 is 14.8 Å². The summed E-state index contributed by atoms with van der Waals surface area (Å²) in [6.07, 6.45) is 0. The normalized spacial score (nSPS) is 10.8. The molecule has 0 saturated carbocycles. The number of nitrogens with one attached hydrogen (secondary N) is 1. The zero-order valence-electron chi connectivity index (χ0n) is 15.2. The predicted octanol–water partition coefficient (Wildman–Crippen LogP) is 2.79. The highest BCUT2D eigenvalue weighted by atomic mass is 16.5. The largest absolute Gasteiger partial charge is 0.494 e. The van der Waals surface area contributed by atoms with Gasteiger partial charge in [-0.15, -0.1) is 5.10 Å². The average Bonchev–Trinajstić information content (AvgIpc) is 3.02. The summed E-state index contributed by atoms with van der Waals surface area (Å²) in [6, 6.07) is 7.15. The molecular formula is C18H21N5O3. The lowest BCUT2D eigenvalue weighted by Gasteiger charge is -2.12. The zero-order chi connectivity index (χ0) is 18.7. The van der Waals surface area contributed by atoms with Crippen molar-refractivity contribution in [1.29, 1.82) is 0 Å². The quantitative estimate of drug-likeness (QED) is 0.731. The Balaban J connectivity index is 1.91. The standard InChI is InChI=1S/C18H21N5O3/c1-5-25-13-7-8-15(26-6-2)14(10-13)20-17(24)16-21-18-19-11(3)9-12(4)23(18)22-16/h7-10H,5-6H2,1-4H3,(H,20,24). The Hall–Kier alpha value is -3.16. The van der Waals surface area contributed by atoms with E-state index in [1.54, 1.807) is 22.7 Å². The number of nitrogens with zero attached hydrogens (tertiary/aromatic N) is 4. The number of hydrogen-bond acceptors (Lipinski definition) is 6. The maximum atomic E-state index is 12.6. The van der Waals surface area contributed by atoms with Crippen LogP contribution in [0.5, 0.6) is 11.5 Å². The number of aryl methyl sites for hydroxylation is 2. The first-order valence-electron chi connectivity index (χ1n) is 8.43. The molecule has 0 spiro atoms. The molecule has 0 unspecified atom stereocenters. The Morgan fingerprint density at radius 1 is 1.12 bits per heavy atom. The third kappa shape index (κ3) is 3.58. The molecule has 3 aromatic rings. The van der Waals surface area contributed by atoms with Crippen LogP contribution in [0.3, 0.4) is 0 Å². The van der Waals surface area contributed by atoms with Crippen LogP contribution >= 0.6 is 0 Å². The number of rotatable bonds is 6. The van der Waals surface area contributed by atoms with Gasteiger partial charge >= 0.3 is 0 Å². The monoisotopic (exact) mass is 355 g/mol. The minimum atomic E-state index is -0.442.